The molecule has 2 heterocycles. The van der Waals surface area contributed by atoms with Crippen LogP contribution in [0.2, 0.25) is 0 Å². The SMILES string of the molecule is CC(C)N1CCC(N2CC(CS)CC2=O)CC1. The van der Waals surface area contributed by atoms with E-state index >= 15 is 0 Å². The topological polar surface area (TPSA) is 23.6 Å². The van der Waals surface area contributed by atoms with Crippen molar-refractivity contribution in [1.29, 1.82) is 0 Å². The molecule has 0 aromatic rings. The highest BCUT2D eigenvalue weighted by Gasteiger charge is 2.35. The number of thiol groups is 1. The van der Waals surface area contributed by atoms with Gasteiger partial charge in [0.2, 0.25) is 5.91 Å². The first-order valence-electron chi connectivity index (χ1n) is 6.76. The van der Waals surface area contributed by atoms with E-state index in [4.69, 9.17) is 0 Å². The third-order valence-corrected chi connectivity index (χ3v) is 4.68. The fraction of sp³-hybridized carbons (Fsp3) is 0.923. The predicted octanol–water partition coefficient (Wildman–Crippen LogP) is 1.64. The molecule has 0 radical (unpaired) electrons. The first-order valence-corrected chi connectivity index (χ1v) is 7.39. The zero-order valence-corrected chi connectivity index (χ0v) is 11.8. The van der Waals surface area contributed by atoms with E-state index in [0.717, 1.165) is 38.2 Å². The summed E-state index contributed by atoms with van der Waals surface area (Å²) < 4.78 is 0. The molecular weight excluding hydrogens is 232 g/mol. The number of hydrogen-bond acceptors (Lipinski definition) is 3. The van der Waals surface area contributed by atoms with E-state index in [9.17, 15) is 4.79 Å². The Hall–Kier alpha value is -0.220. The summed E-state index contributed by atoms with van der Waals surface area (Å²) in [6, 6.07) is 1.12. The highest BCUT2D eigenvalue weighted by atomic mass is 32.1. The molecule has 2 aliphatic heterocycles. The van der Waals surface area contributed by atoms with Gasteiger partial charge in [-0.25, -0.2) is 0 Å². The standard InChI is InChI=1S/C13H24N2OS/c1-10(2)14-5-3-12(4-6-14)15-8-11(9-17)7-13(15)16/h10-12,17H,3-9H2,1-2H3. The van der Waals surface area contributed by atoms with Gasteiger partial charge in [-0.3, -0.25) is 4.79 Å². The van der Waals surface area contributed by atoms with Crippen LogP contribution in [0.5, 0.6) is 0 Å². The molecule has 98 valence electrons. The van der Waals surface area contributed by atoms with Crippen LogP contribution in [-0.2, 0) is 4.79 Å². The summed E-state index contributed by atoms with van der Waals surface area (Å²) in [5.74, 6) is 1.67. The Bertz CT molecular complexity index is 275. The summed E-state index contributed by atoms with van der Waals surface area (Å²) >= 11 is 4.31. The minimum atomic E-state index is 0.354. The lowest BCUT2D eigenvalue weighted by atomic mass is 10.0. The molecule has 0 spiro atoms. The average Bonchev–Trinajstić information content (AvgIpc) is 2.71. The molecule has 0 aromatic carbocycles. The second kappa shape index (κ2) is 5.61. The zero-order chi connectivity index (χ0) is 12.4. The van der Waals surface area contributed by atoms with Crippen LogP contribution in [0, 0.1) is 5.92 Å². The molecule has 0 bridgehead atoms. The number of piperidine rings is 1. The largest absolute Gasteiger partial charge is 0.339 e. The second-order valence-electron chi connectivity index (χ2n) is 5.66. The molecule has 4 heteroatoms. The molecule has 2 fully saturated rings. The van der Waals surface area contributed by atoms with Crippen molar-refractivity contribution >= 4 is 18.5 Å². The molecule has 0 saturated carbocycles. The summed E-state index contributed by atoms with van der Waals surface area (Å²) in [6.07, 6.45) is 3.00. The Kier molecular flexibility index (Phi) is 4.36. The Morgan fingerprint density at radius 1 is 1.35 bits per heavy atom. The first-order chi connectivity index (χ1) is 8.11. The summed E-state index contributed by atoms with van der Waals surface area (Å²) in [5, 5.41) is 0. The minimum absolute atomic E-state index is 0.354. The molecule has 17 heavy (non-hydrogen) atoms. The maximum atomic E-state index is 11.9. The summed E-state index contributed by atoms with van der Waals surface area (Å²) in [5.41, 5.74) is 0. The van der Waals surface area contributed by atoms with Crippen molar-refractivity contribution in [3.8, 4) is 0 Å². The van der Waals surface area contributed by atoms with Crippen LogP contribution in [0.15, 0.2) is 0 Å². The van der Waals surface area contributed by atoms with E-state index in [-0.39, 0.29) is 0 Å². The Morgan fingerprint density at radius 3 is 2.47 bits per heavy atom. The molecule has 0 aromatic heterocycles. The molecule has 2 saturated heterocycles. The normalized spacial score (nSPS) is 28.4. The van der Waals surface area contributed by atoms with Gasteiger partial charge in [0.05, 0.1) is 0 Å². The summed E-state index contributed by atoms with van der Waals surface area (Å²) in [7, 11) is 0. The van der Waals surface area contributed by atoms with Gasteiger partial charge in [0.25, 0.3) is 0 Å². The molecular formula is C13H24N2OS. The Morgan fingerprint density at radius 2 is 2.00 bits per heavy atom. The first kappa shape index (κ1) is 13.2. The average molecular weight is 256 g/mol. The van der Waals surface area contributed by atoms with Crippen LogP contribution in [0.3, 0.4) is 0 Å². The Labute approximate surface area is 110 Å². The third kappa shape index (κ3) is 2.97. The number of hydrogen-bond donors (Lipinski definition) is 1. The number of nitrogens with zero attached hydrogens (tertiary/aromatic N) is 2. The maximum absolute atomic E-state index is 11.9. The predicted molar refractivity (Wildman–Crippen MR) is 73.4 cm³/mol. The van der Waals surface area contributed by atoms with Gasteiger partial charge >= 0.3 is 0 Å². The molecule has 1 amide bonds. The van der Waals surface area contributed by atoms with Crippen molar-refractivity contribution in [3.63, 3.8) is 0 Å². The number of amides is 1. The molecule has 2 rings (SSSR count). The van der Waals surface area contributed by atoms with Crippen LogP contribution in [-0.4, -0.2) is 53.2 Å². The van der Waals surface area contributed by atoms with Crippen LogP contribution in [0.25, 0.3) is 0 Å². The minimum Gasteiger partial charge on any atom is -0.339 e. The van der Waals surface area contributed by atoms with Gasteiger partial charge in [-0.1, -0.05) is 0 Å². The summed E-state index contributed by atoms with van der Waals surface area (Å²) in [4.78, 5) is 16.6. The van der Waals surface area contributed by atoms with Crippen molar-refractivity contribution in [3.05, 3.63) is 0 Å². The van der Waals surface area contributed by atoms with Gasteiger partial charge in [-0.2, -0.15) is 12.6 Å². The van der Waals surface area contributed by atoms with E-state index in [1.54, 1.807) is 0 Å². The van der Waals surface area contributed by atoms with Gasteiger partial charge < -0.3 is 9.80 Å². The van der Waals surface area contributed by atoms with Crippen LogP contribution in [0.1, 0.15) is 33.1 Å². The van der Waals surface area contributed by atoms with E-state index in [1.165, 1.54) is 0 Å². The lowest BCUT2D eigenvalue weighted by molar-refractivity contribution is -0.130. The van der Waals surface area contributed by atoms with Gasteiger partial charge in [0, 0.05) is 38.1 Å². The number of rotatable bonds is 3. The van der Waals surface area contributed by atoms with Crippen molar-refractivity contribution in [2.45, 2.75) is 45.2 Å². The lowest BCUT2D eigenvalue weighted by Gasteiger charge is -2.38. The van der Waals surface area contributed by atoms with Crippen molar-refractivity contribution in [2.75, 3.05) is 25.4 Å². The van der Waals surface area contributed by atoms with Crippen LogP contribution < -0.4 is 0 Å². The van der Waals surface area contributed by atoms with Gasteiger partial charge in [0.1, 0.15) is 0 Å². The zero-order valence-electron chi connectivity index (χ0n) is 10.9. The van der Waals surface area contributed by atoms with Crippen molar-refractivity contribution in [2.24, 2.45) is 5.92 Å². The number of likely N-dealkylation sites (tertiary alicyclic amines) is 2. The number of carbonyl (C=O) groups excluding carboxylic acids is 1. The van der Waals surface area contributed by atoms with Gasteiger partial charge in [-0.15, -0.1) is 0 Å². The smallest absolute Gasteiger partial charge is 0.223 e. The fourth-order valence-electron chi connectivity index (χ4n) is 3.00. The molecule has 0 N–H and O–H groups in total. The van der Waals surface area contributed by atoms with Crippen molar-refractivity contribution in [1.82, 2.24) is 9.80 Å². The van der Waals surface area contributed by atoms with Crippen molar-refractivity contribution < 1.29 is 4.79 Å². The third-order valence-electron chi connectivity index (χ3n) is 4.17. The molecule has 3 nitrogen and oxygen atoms in total. The molecule has 2 aliphatic rings. The fourth-order valence-corrected chi connectivity index (χ4v) is 3.24. The van der Waals surface area contributed by atoms with E-state index in [1.807, 2.05) is 0 Å². The second-order valence-corrected chi connectivity index (χ2v) is 6.02. The van der Waals surface area contributed by atoms with E-state index < -0.39 is 0 Å². The van der Waals surface area contributed by atoms with Gasteiger partial charge in [-0.05, 0) is 38.4 Å². The summed E-state index contributed by atoms with van der Waals surface area (Å²) in [6.45, 7) is 7.71. The highest BCUT2D eigenvalue weighted by Crippen LogP contribution is 2.26. The highest BCUT2D eigenvalue weighted by molar-refractivity contribution is 7.80. The van der Waals surface area contributed by atoms with E-state index in [0.29, 0.717) is 30.3 Å². The maximum Gasteiger partial charge on any atom is 0.223 e. The molecule has 1 atom stereocenters. The van der Waals surface area contributed by atoms with Gasteiger partial charge in [0.15, 0.2) is 0 Å². The quantitative estimate of drug-likeness (QED) is 0.776. The molecule has 1 unspecified atom stereocenters. The van der Waals surface area contributed by atoms with Crippen LogP contribution >= 0.6 is 12.6 Å². The van der Waals surface area contributed by atoms with E-state index in [2.05, 4.69) is 36.3 Å². The lowest BCUT2D eigenvalue weighted by Crippen LogP contribution is -2.47. The number of carbonyl (C=O) groups is 1. The Balaban J connectivity index is 1.87. The molecule has 0 aliphatic carbocycles. The monoisotopic (exact) mass is 256 g/mol. The van der Waals surface area contributed by atoms with Crippen LogP contribution in [0.4, 0.5) is 0 Å².